The molecule has 0 aliphatic carbocycles. The molecule has 2 aromatic carbocycles. The third-order valence-electron chi connectivity index (χ3n) is 2.91. The first-order valence-electron chi connectivity index (χ1n) is 7.01. The third kappa shape index (κ3) is 5.79. The van der Waals surface area contributed by atoms with Gasteiger partial charge in [-0.3, -0.25) is 4.79 Å². The molecule has 0 unspecified atom stereocenters. The van der Waals surface area contributed by atoms with E-state index in [4.69, 9.17) is 26.3 Å². The maximum atomic E-state index is 12.7. The van der Waals surface area contributed by atoms with Crippen LogP contribution >= 0.6 is 11.6 Å². The van der Waals surface area contributed by atoms with Gasteiger partial charge < -0.3 is 14.8 Å². The van der Waals surface area contributed by atoms with Gasteiger partial charge in [-0.15, -0.1) is 0 Å². The summed E-state index contributed by atoms with van der Waals surface area (Å²) in [6.45, 7) is -0.984. The van der Waals surface area contributed by atoms with E-state index in [0.717, 1.165) is 0 Å². The van der Waals surface area contributed by atoms with Crippen LogP contribution in [0.4, 0.5) is 10.1 Å². The Kier molecular flexibility index (Phi) is 6.32. The number of ether oxygens (including phenoxy) is 2. The second-order valence-corrected chi connectivity index (χ2v) is 5.19. The predicted octanol–water partition coefficient (Wildman–Crippen LogP) is 2.91. The van der Waals surface area contributed by atoms with E-state index in [1.54, 1.807) is 0 Å². The highest BCUT2D eigenvalue weighted by Gasteiger charge is 2.11. The maximum Gasteiger partial charge on any atom is 0.344 e. The average Bonchev–Trinajstić information content (AvgIpc) is 2.59. The topological polar surface area (TPSA) is 88.4 Å². The number of carbonyl (C=O) groups excluding carboxylic acids is 2. The van der Waals surface area contributed by atoms with E-state index in [0.29, 0.717) is 10.8 Å². The van der Waals surface area contributed by atoms with Gasteiger partial charge in [0.15, 0.2) is 13.2 Å². The Morgan fingerprint density at radius 2 is 1.88 bits per heavy atom. The summed E-state index contributed by atoms with van der Waals surface area (Å²) in [5.41, 5.74) is 0.447. The number of hydrogen-bond donors (Lipinski definition) is 1. The van der Waals surface area contributed by atoms with Crippen LogP contribution in [0.2, 0.25) is 5.02 Å². The standard InChI is InChI=1S/C17H12ClFN2O4/c18-12-2-1-11(8-20)15(7-12)21-16(22)9-25-17(23)10-24-14-5-3-13(19)4-6-14/h1-7H,9-10H2,(H,21,22). The van der Waals surface area contributed by atoms with Crippen LogP contribution in [0.15, 0.2) is 42.5 Å². The molecule has 2 rings (SSSR count). The van der Waals surface area contributed by atoms with Crippen LogP contribution in [0.5, 0.6) is 5.75 Å². The van der Waals surface area contributed by atoms with Crippen molar-refractivity contribution in [3.8, 4) is 11.8 Å². The number of nitrogens with zero attached hydrogens (tertiary/aromatic N) is 1. The lowest BCUT2D eigenvalue weighted by molar-refractivity contribution is -0.149. The zero-order chi connectivity index (χ0) is 18.2. The summed E-state index contributed by atoms with van der Waals surface area (Å²) in [5.74, 6) is -1.54. The van der Waals surface area contributed by atoms with Crippen LogP contribution in [-0.2, 0) is 14.3 Å². The maximum absolute atomic E-state index is 12.7. The molecule has 0 radical (unpaired) electrons. The van der Waals surface area contributed by atoms with Crippen molar-refractivity contribution in [2.45, 2.75) is 0 Å². The molecule has 128 valence electrons. The van der Waals surface area contributed by atoms with E-state index < -0.39 is 30.9 Å². The predicted molar refractivity (Wildman–Crippen MR) is 87.7 cm³/mol. The molecule has 0 bridgehead atoms. The lowest BCUT2D eigenvalue weighted by atomic mass is 10.2. The second-order valence-electron chi connectivity index (χ2n) is 4.75. The Balaban J connectivity index is 1.79. The van der Waals surface area contributed by atoms with Gasteiger partial charge in [-0.25, -0.2) is 9.18 Å². The van der Waals surface area contributed by atoms with Gasteiger partial charge in [-0.1, -0.05) is 11.6 Å². The second kappa shape index (κ2) is 8.66. The van der Waals surface area contributed by atoms with E-state index in [-0.39, 0.29) is 11.3 Å². The Labute approximate surface area is 147 Å². The van der Waals surface area contributed by atoms with Gasteiger partial charge in [0.05, 0.1) is 11.3 Å². The van der Waals surface area contributed by atoms with E-state index >= 15 is 0 Å². The van der Waals surface area contributed by atoms with Crippen LogP contribution in [0, 0.1) is 17.1 Å². The summed E-state index contributed by atoms with van der Waals surface area (Å²) in [4.78, 5) is 23.3. The molecule has 0 heterocycles. The summed E-state index contributed by atoms with van der Waals surface area (Å²) in [6, 6.07) is 11.4. The van der Waals surface area contributed by atoms with Crippen LogP contribution in [0.1, 0.15) is 5.56 Å². The van der Waals surface area contributed by atoms with Crippen molar-refractivity contribution in [1.82, 2.24) is 0 Å². The first-order chi connectivity index (χ1) is 12.0. The minimum absolute atomic E-state index is 0.221. The zero-order valence-corrected chi connectivity index (χ0v) is 13.5. The lowest BCUT2D eigenvalue weighted by Crippen LogP contribution is -2.24. The molecule has 0 aliphatic heterocycles. The van der Waals surface area contributed by atoms with Gasteiger partial charge >= 0.3 is 5.97 Å². The molecule has 0 saturated heterocycles. The molecule has 0 fully saturated rings. The number of nitrogens with one attached hydrogen (secondary N) is 1. The van der Waals surface area contributed by atoms with Crippen molar-refractivity contribution in [2.75, 3.05) is 18.5 Å². The van der Waals surface area contributed by atoms with Gasteiger partial charge in [-0.2, -0.15) is 5.26 Å². The van der Waals surface area contributed by atoms with Crippen LogP contribution in [0.25, 0.3) is 0 Å². The minimum Gasteiger partial charge on any atom is -0.482 e. The summed E-state index contributed by atoms with van der Waals surface area (Å²) in [7, 11) is 0. The largest absolute Gasteiger partial charge is 0.482 e. The quantitative estimate of drug-likeness (QED) is 0.798. The number of halogens is 2. The molecular formula is C17H12ClFN2O4. The van der Waals surface area contributed by atoms with Gasteiger partial charge in [-0.05, 0) is 42.5 Å². The van der Waals surface area contributed by atoms with Crippen molar-refractivity contribution in [3.05, 3.63) is 58.9 Å². The van der Waals surface area contributed by atoms with Crippen molar-refractivity contribution < 1.29 is 23.5 Å². The number of rotatable bonds is 6. The zero-order valence-electron chi connectivity index (χ0n) is 12.8. The molecule has 0 atom stereocenters. The summed E-state index contributed by atoms with van der Waals surface area (Å²) in [6.07, 6.45) is 0. The van der Waals surface area contributed by atoms with Crippen LogP contribution in [-0.4, -0.2) is 25.1 Å². The Morgan fingerprint density at radius 1 is 1.16 bits per heavy atom. The smallest absolute Gasteiger partial charge is 0.344 e. The SMILES string of the molecule is N#Cc1ccc(Cl)cc1NC(=O)COC(=O)COc1ccc(F)cc1. The Hall–Kier alpha value is -3.11. The highest BCUT2D eigenvalue weighted by Crippen LogP contribution is 2.20. The fraction of sp³-hybridized carbons (Fsp3) is 0.118. The number of hydrogen-bond acceptors (Lipinski definition) is 5. The fourth-order valence-electron chi connectivity index (χ4n) is 1.76. The molecule has 6 nitrogen and oxygen atoms in total. The highest BCUT2D eigenvalue weighted by molar-refractivity contribution is 6.31. The van der Waals surface area contributed by atoms with Crippen molar-refractivity contribution in [1.29, 1.82) is 5.26 Å². The van der Waals surface area contributed by atoms with E-state index in [9.17, 15) is 14.0 Å². The lowest BCUT2D eigenvalue weighted by Gasteiger charge is -2.09. The fourth-order valence-corrected chi connectivity index (χ4v) is 1.94. The van der Waals surface area contributed by atoms with E-state index in [1.807, 2.05) is 6.07 Å². The first kappa shape index (κ1) is 18.2. The Morgan fingerprint density at radius 3 is 2.56 bits per heavy atom. The van der Waals surface area contributed by atoms with Crippen LogP contribution < -0.4 is 10.1 Å². The van der Waals surface area contributed by atoms with Crippen molar-refractivity contribution >= 4 is 29.2 Å². The molecule has 8 heteroatoms. The highest BCUT2D eigenvalue weighted by atomic mass is 35.5. The number of benzene rings is 2. The molecule has 0 aromatic heterocycles. The molecule has 2 aromatic rings. The molecule has 0 spiro atoms. The first-order valence-corrected chi connectivity index (χ1v) is 7.39. The minimum atomic E-state index is -0.772. The van der Waals surface area contributed by atoms with Crippen LogP contribution in [0.3, 0.4) is 0 Å². The Bertz CT molecular complexity index is 818. The van der Waals surface area contributed by atoms with Gasteiger partial charge in [0, 0.05) is 5.02 Å². The number of esters is 1. The molecular weight excluding hydrogens is 351 g/mol. The van der Waals surface area contributed by atoms with Crippen molar-refractivity contribution in [2.24, 2.45) is 0 Å². The molecule has 0 aliphatic rings. The van der Waals surface area contributed by atoms with E-state index in [1.165, 1.54) is 42.5 Å². The van der Waals surface area contributed by atoms with Gasteiger partial charge in [0.1, 0.15) is 17.6 Å². The van der Waals surface area contributed by atoms with Gasteiger partial charge in [0.2, 0.25) is 0 Å². The third-order valence-corrected chi connectivity index (χ3v) is 3.15. The molecule has 25 heavy (non-hydrogen) atoms. The van der Waals surface area contributed by atoms with Crippen molar-refractivity contribution in [3.63, 3.8) is 0 Å². The average molecular weight is 363 g/mol. The number of amides is 1. The summed E-state index contributed by atoms with van der Waals surface area (Å²) >= 11 is 5.81. The molecule has 1 amide bonds. The van der Waals surface area contributed by atoms with E-state index in [2.05, 4.69) is 5.32 Å². The molecule has 0 saturated carbocycles. The molecule has 1 N–H and O–H groups in total. The number of carbonyl (C=O) groups is 2. The summed E-state index contributed by atoms with van der Waals surface area (Å²) < 4.78 is 22.6. The number of nitriles is 1. The summed E-state index contributed by atoms with van der Waals surface area (Å²) in [5, 5.41) is 11.7. The van der Waals surface area contributed by atoms with Gasteiger partial charge in [0.25, 0.3) is 5.91 Å². The normalized spacial score (nSPS) is 9.80. The number of anilines is 1. The monoisotopic (exact) mass is 362 g/mol.